The Kier molecular flexibility index (Phi) is 6.34. The fourth-order valence-electron chi connectivity index (χ4n) is 1.80. The van der Waals surface area contributed by atoms with Crippen LogP contribution in [0.1, 0.15) is 27.6 Å². The molecule has 1 aromatic heterocycles. The van der Waals surface area contributed by atoms with Crippen LogP contribution in [0.4, 0.5) is 0 Å². The second-order valence-electron chi connectivity index (χ2n) is 4.37. The summed E-state index contributed by atoms with van der Waals surface area (Å²) in [6, 6.07) is 8.19. The Labute approximate surface area is 138 Å². The summed E-state index contributed by atoms with van der Waals surface area (Å²) in [6.45, 7) is 1.60. The number of hydrogen-bond acceptors (Lipinski definition) is 2. The maximum Gasteiger partial charge on any atom is 0.229 e. The van der Waals surface area contributed by atoms with Crippen molar-refractivity contribution in [2.75, 3.05) is 0 Å². The highest BCUT2D eigenvalue weighted by Gasteiger charge is 2.16. The molecule has 2 rings (SSSR count). The Morgan fingerprint density at radius 2 is 1.90 bits per heavy atom. The fraction of sp³-hybridized carbons (Fsp3) is 0.133. The van der Waals surface area contributed by atoms with E-state index in [2.05, 4.69) is 0 Å². The van der Waals surface area contributed by atoms with Crippen LogP contribution in [0.25, 0.3) is 0 Å². The molecule has 0 unspecified atom stereocenters. The Bertz CT molecular complexity index is 686. The number of rotatable bonds is 4. The molecule has 0 fully saturated rings. The predicted octanol–water partition coefficient (Wildman–Crippen LogP) is 3.79. The van der Waals surface area contributed by atoms with Crippen molar-refractivity contribution < 1.29 is 14.2 Å². The van der Waals surface area contributed by atoms with Gasteiger partial charge in [-0.15, -0.1) is 12.4 Å². The van der Waals surface area contributed by atoms with E-state index in [1.807, 2.05) is 0 Å². The number of pyridine rings is 1. The van der Waals surface area contributed by atoms with Gasteiger partial charge in [0.2, 0.25) is 12.3 Å². The van der Waals surface area contributed by atoms with Crippen molar-refractivity contribution in [2.45, 2.75) is 13.5 Å². The van der Waals surface area contributed by atoms with E-state index in [0.29, 0.717) is 21.2 Å². The predicted molar refractivity (Wildman–Crippen MR) is 84.7 cm³/mol. The van der Waals surface area contributed by atoms with Crippen LogP contribution in [0.3, 0.4) is 0 Å². The van der Waals surface area contributed by atoms with Crippen molar-refractivity contribution in [1.82, 2.24) is 0 Å². The molecular weight excluding hydrogens is 333 g/mol. The number of hydrogen-bond donors (Lipinski definition) is 0. The van der Waals surface area contributed by atoms with Gasteiger partial charge in [-0.2, -0.15) is 4.57 Å². The van der Waals surface area contributed by atoms with Crippen LogP contribution in [-0.2, 0) is 6.54 Å². The third-order valence-electron chi connectivity index (χ3n) is 2.82. The van der Waals surface area contributed by atoms with Gasteiger partial charge >= 0.3 is 0 Å². The lowest BCUT2D eigenvalue weighted by molar-refractivity contribution is -0.683. The molecule has 1 heterocycles. The minimum absolute atomic E-state index is 0. The lowest BCUT2D eigenvalue weighted by Gasteiger charge is -2.02. The van der Waals surface area contributed by atoms with Crippen molar-refractivity contribution >= 4 is 47.2 Å². The molecule has 0 amide bonds. The van der Waals surface area contributed by atoms with Crippen molar-refractivity contribution in [3.63, 3.8) is 0 Å². The van der Waals surface area contributed by atoms with E-state index in [1.54, 1.807) is 41.2 Å². The van der Waals surface area contributed by atoms with Gasteiger partial charge in [0.1, 0.15) is 0 Å². The molecule has 1 aromatic carbocycles. The molecule has 0 N–H and O–H groups in total. The summed E-state index contributed by atoms with van der Waals surface area (Å²) in [5.41, 5.74) is 0.972. The van der Waals surface area contributed by atoms with E-state index in [-0.39, 0.29) is 30.5 Å². The van der Waals surface area contributed by atoms with E-state index in [9.17, 15) is 9.59 Å². The van der Waals surface area contributed by atoms with Crippen LogP contribution in [0.2, 0.25) is 10.0 Å². The average molecular weight is 346 g/mol. The lowest BCUT2D eigenvalue weighted by Crippen LogP contribution is -2.38. The second kappa shape index (κ2) is 7.55. The van der Waals surface area contributed by atoms with Gasteiger partial charge in [0.15, 0.2) is 18.2 Å². The summed E-state index contributed by atoms with van der Waals surface area (Å²) in [6.07, 6.45) is 3.37. The molecule has 2 aromatic rings. The normalized spacial score (nSPS) is 9.86. The third-order valence-corrected chi connectivity index (χ3v) is 3.37. The van der Waals surface area contributed by atoms with E-state index in [4.69, 9.17) is 23.2 Å². The number of ketones is 2. The first-order valence-corrected chi connectivity index (χ1v) is 6.71. The molecule has 0 radical (unpaired) electrons. The first kappa shape index (κ1) is 17.6. The Morgan fingerprint density at radius 1 is 1.19 bits per heavy atom. The molecule has 0 atom stereocenters. The van der Waals surface area contributed by atoms with Gasteiger partial charge in [-0.1, -0.05) is 23.2 Å². The SMILES string of the molecule is CC(=O)c1ccc[n+](CC(=O)c2ccc(Cl)cc2Cl)c1.Cl. The largest absolute Gasteiger partial charge is 0.294 e. The Morgan fingerprint density at radius 3 is 2.52 bits per heavy atom. The van der Waals surface area contributed by atoms with Gasteiger partial charge in [-0.3, -0.25) is 9.59 Å². The third kappa shape index (κ3) is 4.53. The van der Waals surface area contributed by atoms with Gasteiger partial charge in [-0.25, -0.2) is 0 Å². The second-order valence-corrected chi connectivity index (χ2v) is 5.21. The van der Waals surface area contributed by atoms with Crippen LogP contribution < -0.4 is 4.57 Å². The molecule has 0 saturated carbocycles. The molecule has 0 aliphatic carbocycles. The molecule has 21 heavy (non-hydrogen) atoms. The maximum absolute atomic E-state index is 12.2. The van der Waals surface area contributed by atoms with Crippen molar-refractivity contribution in [1.29, 1.82) is 0 Å². The van der Waals surface area contributed by atoms with Gasteiger partial charge in [0.05, 0.1) is 10.6 Å². The topological polar surface area (TPSA) is 38.0 Å². The Hall–Kier alpha value is -1.42. The highest BCUT2D eigenvalue weighted by Crippen LogP contribution is 2.21. The van der Waals surface area contributed by atoms with E-state index >= 15 is 0 Å². The van der Waals surface area contributed by atoms with E-state index in [1.165, 1.54) is 13.0 Å². The van der Waals surface area contributed by atoms with Crippen molar-refractivity contribution in [3.8, 4) is 0 Å². The quantitative estimate of drug-likeness (QED) is 0.624. The molecule has 0 spiro atoms. The van der Waals surface area contributed by atoms with Crippen LogP contribution in [0.15, 0.2) is 42.7 Å². The minimum atomic E-state index is -0.141. The highest BCUT2D eigenvalue weighted by molar-refractivity contribution is 6.36. The molecule has 0 saturated heterocycles. The number of aromatic nitrogens is 1. The summed E-state index contributed by atoms with van der Waals surface area (Å²) in [4.78, 5) is 23.5. The first-order chi connectivity index (χ1) is 9.47. The van der Waals surface area contributed by atoms with Crippen molar-refractivity contribution in [2.24, 2.45) is 0 Å². The molecule has 6 heteroatoms. The van der Waals surface area contributed by atoms with Crippen LogP contribution in [0, 0.1) is 0 Å². The fourth-order valence-corrected chi connectivity index (χ4v) is 2.31. The summed E-state index contributed by atoms with van der Waals surface area (Å²) < 4.78 is 1.66. The van der Waals surface area contributed by atoms with E-state index < -0.39 is 0 Å². The summed E-state index contributed by atoms with van der Waals surface area (Å²) in [5.74, 6) is -0.186. The number of carbonyl (C=O) groups excluding carboxylic acids is 2. The summed E-state index contributed by atoms with van der Waals surface area (Å²) in [5, 5.41) is 0.809. The highest BCUT2D eigenvalue weighted by atomic mass is 35.5. The summed E-state index contributed by atoms with van der Waals surface area (Å²) >= 11 is 11.8. The molecule has 0 aliphatic heterocycles. The van der Waals surface area contributed by atoms with Gasteiger partial charge in [-0.05, 0) is 31.2 Å². The number of Topliss-reactive ketones (excluding diaryl/α,β-unsaturated/α-hetero) is 2. The van der Waals surface area contributed by atoms with Crippen molar-refractivity contribution in [3.05, 3.63) is 63.9 Å². The van der Waals surface area contributed by atoms with Crippen LogP contribution in [-0.4, -0.2) is 11.6 Å². The first-order valence-electron chi connectivity index (χ1n) is 5.95. The van der Waals surface area contributed by atoms with Gasteiger partial charge in [0.25, 0.3) is 0 Å². The zero-order chi connectivity index (χ0) is 14.7. The lowest BCUT2D eigenvalue weighted by atomic mass is 10.1. The molecule has 110 valence electrons. The van der Waals surface area contributed by atoms with Crippen LogP contribution >= 0.6 is 35.6 Å². The van der Waals surface area contributed by atoms with E-state index in [0.717, 1.165) is 0 Å². The number of benzene rings is 1. The molecule has 0 bridgehead atoms. The smallest absolute Gasteiger partial charge is 0.229 e. The zero-order valence-corrected chi connectivity index (χ0v) is 13.5. The number of nitrogens with zero attached hydrogens (tertiary/aromatic N) is 1. The minimum Gasteiger partial charge on any atom is -0.294 e. The van der Waals surface area contributed by atoms with Gasteiger partial charge in [0, 0.05) is 16.7 Å². The average Bonchev–Trinajstić information content (AvgIpc) is 2.38. The molecule has 3 nitrogen and oxygen atoms in total. The number of halogens is 3. The molecular formula is C15H13Cl3NO2+. The Balaban J connectivity index is 0.00000220. The van der Waals surface area contributed by atoms with Crippen LogP contribution in [0.5, 0.6) is 0 Å². The molecule has 0 aliphatic rings. The monoisotopic (exact) mass is 344 g/mol. The summed E-state index contributed by atoms with van der Waals surface area (Å²) in [7, 11) is 0. The number of carbonyl (C=O) groups is 2. The zero-order valence-electron chi connectivity index (χ0n) is 11.2. The van der Waals surface area contributed by atoms with Gasteiger partial charge < -0.3 is 0 Å². The standard InChI is InChI=1S/C15H12Cl2NO2.ClH/c1-10(19)11-3-2-6-18(8-11)9-15(20)13-5-4-12(16)7-14(13)17;/h2-8H,9H2,1H3;1H/q+1;. The maximum atomic E-state index is 12.2.